The van der Waals surface area contributed by atoms with Gasteiger partial charge in [-0.1, -0.05) is 20.3 Å². The Morgan fingerprint density at radius 2 is 2.00 bits per heavy atom. The summed E-state index contributed by atoms with van der Waals surface area (Å²) in [5, 5.41) is 11.8. The minimum Gasteiger partial charge on any atom is -0.481 e. The van der Waals surface area contributed by atoms with Crippen LogP contribution in [0.2, 0.25) is 0 Å². The van der Waals surface area contributed by atoms with Crippen molar-refractivity contribution in [2.24, 2.45) is 17.8 Å². The van der Waals surface area contributed by atoms with E-state index in [0.717, 1.165) is 12.8 Å². The lowest BCUT2D eigenvalue weighted by molar-refractivity contribution is -0.142. The van der Waals surface area contributed by atoms with Crippen molar-refractivity contribution in [1.82, 2.24) is 5.32 Å². The topological polar surface area (TPSA) is 66.4 Å². The Bertz CT molecular complexity index is 272. The standard InChI is InChI=1S/C13H23NO3/c1-9(2)6-11(13(16)17)8-14-12(15)7-10-4-3-5-10/h9-11H,3-8H2,1-2H3,(H,14,15)(H,16,17). The Kier molecular flexibility index (Phi) is 5.45. The van der Waals surface area contributed by atoms with E-state index in [2.05, 4.69) is 5.32 Å². The van der Waals surface area contributed by atoms with Gasteiger partial charge in [-0.3, -0.25) is 9.59 Å². The maximum atomic E-state index is 11.6. The zero-order chi connectivity index (χ0) is 12.8. The second-order valence-corrected chi connectivity index (χ2v) is 5.47. The van der Waals surface area contributed by atoms with Gasteiger partial charge < -0.3 is 10.4 Å². The Labute approximate surface area is 103 Å². The van der Waals surface area contributed by atoms with Crippen LogP contribution in [0, 0.1) is 17.8 Å². The summed E-state index contributed by atoms with van der Waals surface area (Å²) in [7, 11) is 0. The van der Waals surface area contributed by atoms with Crippen molar-refractivity contribution in [3.05, 3.63) is 0 Å². The first-order valence-electron chi connectivity index (χ1n) is 6.48. The molecule has 0 aromatic rings. The lowest BCUT2D eigenvalue weighted by atomic mass is 9.83. The molecule has 1 rings (SSSR count). The predicted molar refractivity (Wildman–Crippen MR) is 65.5 cm³/mol. The van der Waals surface area contributed by atoms with Gasteiger partial charge in [0.1, 0.15) is 0 Å². The molecule has 0 bridgehead atoms. The largest absolute Gasteiger partial charge is 0.481 e. The molecule has 17 heavy (non-hydrogen) atoms. The van der Waals surface area contributed by atoms with E-state index >= 15 is 0 Å². The summed E-state index contributed by atoms with van der Waals surface area (Å²) in [5.74, 6) is -0.407. The Morgan fingerprint density at radius 1 is 1.35 bits per heavy atom. The molecule has 4 nitrogen and oxygen atoms in total. The van der Waals surface area contributed by atoms with Crippen molar-refractivity contribution in [2.45, 2.75) is 46.0 Å². The van der Waals surface area contributed by atoms with E-state index in [0.29, 0.717) is 24.7 Å². The number of aliphatic carboxylic acids is 1. The number of carbonyl (C=O) groups is 2. The van der Waals surface area contributed by atoms with Gasteiger partial charge in [0.25, 0.3) is 0 Å². The number of hydrogen-bond donors (Lipinski definition) is 2. The third-order valence-corrected chi connectivity index (χ3v) is 3.35. The summed E-state index contributed by atoms with van der Waals surface area (Å²) in [6, 6.07) is 0. The lowest BCUT2D eigenvalue weighted by Crippen LogP contribution is -2.35. The smallest absolute Gasteiger partial charge is 0.308 e. The Morgan fingerprint density at radius 3 is 2.41 bits per heavy atom. The molecular weight excluding hydrogens is 218 g/mol. The summed E-state index contributed by atoms with van der Waals surface area (Å²) in [6.45, 7) is 4.25. The van der Waals surface area contributed by atoms with Crippen LogP contribution < -0.4 is 5.32 Å². The summed E-state index contributed by atoms with van der Waals surface area (Å²) in [5.41, 5.74) is 0. The molecule has 0 spiro atoms. The second-order valence-electron chi connectivity index (χ2n) is 5.47. The molecule has 98 valence electrons. The van der Waals surface area contributed by atoms with E-state index < -0.39 is 11.9 Å². The summed E-state index contributed by atoms with van der Waals surface area (Å²) in [4.78, 5) is 22.5. The fourth-order valence-corrected chi connectivity index (χ4v) is 2.11. The van der Waals surface area contributed by atoms with Gasteiger partial charge in [-0.15, -0.1) is 0 Å². The van der Waals surface area contributed by atoms with Crippen molar-refractivity contribution < 1.29 is 14.7 Å². The quantitative estimate of drug-likeness (QED) is 0.716. The monoisotopic (exact) mass is 241 g/mol. The molecule has 1 unspecified atom stereocenters. The highest BCUT2D eigenvalue weighted by atomic mass is 16.4. The molecule has 1 fully saturated rings. The Balaban J connectivity index is 2.24. The Hall–Kier alpha value is -1.06. The zero-order valence-corrected chi connectivity index (χ0v) is 10.7. The molecule has 0 aromatic carbocycles. The van der Waals surface area contributed by atoms with Gasteiger partial charge >= 0.3 is 5.97 Å². The molecule has 2 N–H and O–H groups in total. The van der Waals surface area contributed by atoms with Gasteiger partial charge in [0.2, 0.25) is 5.91 Å². The van der Waals surface area contributed by atoms with Crippen molar-refractivity contribution >= 4 is 11.9 Å². The van der Waals surface area contributed by atoms with Crippen LogP contribution in [0.3, 0.4) is 0 Å². The number of carboxylic acid groups (broad SMARTS) is 1. The van der Waals surface area contributed by atoms with Crippen LogP contribution in [0.1, 0.15) is 46.0 Å². The zero-order valence-electron chi connectivity index (χ0n) is 10.7. The maximum absolute atomic E-state index is 11.6. The maximum Gasteiger partial charge on any atom is 0.308 e. The average Bonchev–Trinajstić information content (AvgIpc) is 2.17. The second kappa shape index (κ2) is 6.62. The highest BCUT2D eigenvalue weighted by Crippen LogP contribution is 2.29. The van der Waals surface area contributed by atoms with Crippen LogP contribution in [0.4, 0.5) is 0 Å². The predicted octanol–water partition coefficient (Wildman–Crippen LogP) is 2.04. The average molecular weight is 241 g/mol. The fraction of sp³-hybridized carbons (Fsp3) is 0.846. The van der Waals surface area contributed by atoms with Crippen LogP contribution in [0.25, 0.3) is 0 Å². The normalized spacial score (nSPS) is 17.6. The van der Waals surface area contributed by atoms with Crippen molar-refractivity contribution in [1.29, 1.82) is 0 Å². The molecule has 0 saturated heterocycles. The number of nitrogens with one attached hydrogen (secondary N) is 1. The van der Waals surface area contributed by atoms with E-state index in [4.69, 9.17) is 5.11 Å². The molecule has 0 aliphatic heterocycles. The van der Waals surface area contributed by atoms with Crippen LogP contribution in [-0.4, -0.2) is 23.5 Å². The fourth-order valence-electron chi connectivity index (χ4n) is 2.11. The van der Waals surface area contributed by atoms with E-state index in [1.807, 2.05) is 13.8 Å². The minimum atomic E-state index is -0.817. The molecule has 1 aliphatic rings. The molecular formula is C13H23NO3. The molecule has 1 amide bonds. The van der Waals surface area contributed by atoms with Gasteiger partial charge in [-0.2, -0.15) is 0 Å². The van der Waals surface area contributed by atoms with Crippen LogP contribution in [-0.2, 0) is 9.59 Å². The molecule has 1 atom stereocenters. The van der Waals surface area contributed by atoms with Gasteiger partial charge in [0, 0.05) is 13.0 Å². The first-order chi connectivity index (χ1) is 7.99. The summed E-state index contributed by atoms with van der Waals surface area (Å²) < 4.78 is 0. The van der Waals surface area contributed by atoms with Gasteiger partial charge in [-0.05, 0) is 31.1 Å². The molecule has 1 saturated carbocycles. The summed E-state index contributed by atoms with van der Waals surface area (Å²) >= 11 is 0. The highest BCUT2D eigenvalue weighted by Gasteiger charge is 2.23. The number of carboxylic acids is 1. The molecule has 1 aliphatic carbocycles. The van der Waals surface area contributed by atoms with E-state index in [-0.39, 0.29) is 12.5 Å². The van der Waals surface area contributed by atoms with Crippen LogP contribution >= 0.6 is 0 Å². The molecule has 0 radical (unpaired) electrons. The third-order valence-electron chi connectivity index (χ3n) is 3.35. The lowest BCUT2D eigenvalue weighted by Gasteiger charge is -2.24. The van der Waals surface area contributed by atoms with Gasteiger partial charge in [0.05, 0.1) is 5.92 Å². The number of amides is 1. The number of rotatable bonds is 7. The van der Waals surface area contributed by atoms with Crippen molar-refractivity contribution in [3.8, 4) is 0 Å². The molecule has 0 heterocycles. The van der Waals surface area contributed by atoms with Gasteiger partial charge in [-0.25, -0.2) is 0 Å². The van der Waals surface area contributed by atoms with Crippen molar-refractivity contribution in [3.63, 3.8) is 0 Å². The third kappa shape index (κ3) is 5.20. The van der Waals surface area contributed by atoms with E-state index in [1.165, 1.54) is 6.42 Å². The first kappa shape index (κ1) is 14.0. The minimum absolute atomic E-state index is 0.00436. The van der Waals surface area contributed by atoms with E-state index in [9.17, 15) is 9.59 Å². The van der Waals surface area contributed by atoms with Crippen LogP contribution in [0.5, 0.6) is 0 Å². The summed E-state index contributed by atoms with van der Waals surface area (Å²) in [6.07, 6.45) is 4.68. The first-order valence-corrected chi connectivity index (χ1v) is 6.48. The highest BCUT2D eigenvalue weighted by molar-refractivity contribution is 5.77. The van der Waals surface area contributed by atoms with E-state index in [1.54, 1.807) is 0 Å². The van der Waals surface area contributed by atoms with Gasteiger partial charge in [0.15, 0.2) is 0 Å². The number of hydrogen-bond acceptors (Lipinski definition) is 2. The molecule has 4 heteroatoms. The molecule has 0 aromatic heterocycles. The SMILES string of the molecule is CC(C)CC(CNC(=O)CC1CCC1)C(=O)O. The van der Waals surface area contributed by atoms with Crippen molar-refractivity contribution in [2.75, 3.05) is 6.54 Å². The number of carbonyl (C=O) groups excluding carboxylic acids is 1. The van der Waals surface area contributed by atoms with Crippen LogP contribution in [0.15, 0.2) is 0 Å².